The first-order valence-electron chi connectivity index (χ1n) is 8.30. The molecule has 1 atom stereocenters. The summed E-state index contributed by atoms with van der Waals surface area (Å²) in [7, 11) is 1.20. The van der Waals surface area contributed by atoms with Gasteiger partial charge in [-0.2, -0.15) is 0 Å². The number of esters is 1. The Hall–Kier alpha value is -3.28. The Bertz CT molecular complexity index is 1000. The standard InChI is InChI=1S/C21H17F2NO3/c1-27-21(26)18(24-20(25)16-7-4-8-17(22)19(16)23)12-13-9-10-14-5-2-3-6-15(14)11-13/h2-11,18H,12H2,1H3,(H,24,25)/t18-/m1/s1. The minimum Gasteiger partial charge on any atom is -0.467 e. The van der Waals surface area contributed by atoms with Gasteiger partial charge in [0.25, 0.3) is 5.91 Å². The number of benzene rings is 3. The van der Waals surface area contributed by atoms with Crippen LogP contribution in [0.3, 0.4) is 0 Å². The van der Waals surface area contributed by atoms with E-state index in [9.17, 15) is 18.4 Å². The van der Waals surface area contributed by atoms with Gasteiger partial charge in [-0.15, -0.1) is 0 Å². The SMILES string of the molecule is COC(=O)[C@@H](Cc1ccc2ccccc2c1)NC(=O)c1cccc(F)c1F. The van der Waals surface area contributed by atoms with E-state index in [4.69, 9.17) is 4.74 Å². The van der Waals surface area contributed by atoms with Crippen LogP contribution in [0, 0.1) is 11.6 Å². The van der Waals surface area contributed by atoms with Crippen molar-refractivity contribution in [3.8, 4) is 0 Å². The fourth-order valence-electron chi connectivity index (χ4n) is 2.85. The van der Waals surface area contributed by atoms with E-state index in [1.165, 1.54) is 13.2 Å². The van der Waals surface area contributed by atoms with E-state index in [-0.39, 0.29) is 6.42 Å². The molecule has 1 amide bonds. The Kier molecular flexibility index (Phi) is 5.45. The highest BCUT2D eigenvalue weighted by Crippen LogP contribution is 2.17. The van der Waals surface area contributed by atoms with Crippen molar-refractivity contribution < 1.29 is 23.1 Å². The van der Waals surface area contributed by atoms with Gasteiger partial charge in [0.1, 0.15) is 6.04 Å². The molecule has 0 aliphatic heterocycles. The van der Waals surface area contributed by atoms with Gasteiger partial charge in [0, 0.05) is 6.42 Å². The van der Waals surface area contributed by atoms with E-state index in [2.05, 4.69) is 5.32 Å². The highest BCUT2D eigenvalue weighted by atomic mass is 19.2. The molecular formula is C21H17F2NO3. The van der Waals surface area contributed by atoms with Crippen LogP contribution in [0.25, 0.3) is 10.8 Å². The zero-order valence-electron chi connectivity index (χ0n) is 14.5. The highest BCUT2D eigenvalue weighted by Gasteiger charge is 2.24. The molecule has 0 heterocycles. The predicted octanol–water partition coefficient (Wildman–Crippen LogP) is 3.63. The third kappa shape index (κ3) is 4.11. The van der Waals surface area contributed by atoms with Crippen molar-refractivity contribution in [2.45, 2.75) is 12.5 Å². The Labute approximate surface area is 154 Å². The average molecular weight is 369 g/mol. The number of ether oxygens (including phenoxy) is 1. The van der Waals surface area contributed by atoms with Crippen molar-refractivity contribution in [2.75, 3.05) is 7.11 Å². The summed E-state index contributed by atoms with van der Waals surface area (Å²) in [4.78, 5) is 24.4. The second-order valence-electron chi connectivity index (χ2n) is 6.04. The summed E-state index contributed by atoms with van der Waals surface area (Å²) in [5.41, 5.74) is 0.325. The molecule has 0 spiro atoms. The van der Waals surface area contributed by atoms with Crippen LogP contribution in [0.1, 0.15) is 15.9 Å². The van der Waals surface area contributed by atoms with Crippen LogP contribution in [-0.4, -0.2) is 25.0 Å². The predicted molar refractivity (Wildman–Crippen MR) is 97.3 cm³/mol. The monoisotopic (exact) mass is 369 g/mol. The van der Waals surface area contributed by atoms with Crippen LogP contribution in [0.4, 0.5) is 8.78 Å². The van der Waals surface area contributed by atoms with E-state index >= 15 is 0 Å². The van der Waals surface area contributed by atoms with Crippen LogP contribution >= 0.6 is 0 Å². The molecule has 0 radical (unpaired) electrons. The zero-order valence-corrected chi connectivity index (χ0v) is 14.5. The molecule has 0 bridgehead atoms. The average Bonchev–Trinajstić information content (AvgIpc) is 2.68. The number of rotatable bonds is 5. The van der Waals surface area contributed by atoms with Gasteiger partial charge in [0.15, 0.2) is 11.6 Å². The largest absolute Gasteiger partial charge is 0.467 e. The third-order valence-corrected chi connectivity index (χ3v) is 4.24. The smallest absolute Gasteiger partial charge is 0.328 e. The summed E-state index contributed by atoms with van der Waals surface area (Å²) in [6.07, 6.45) is 0.153. The molecule has 3 rings (SSSR count). The van der Waals surface area contributed by atoms with E-state index in [0.29, 0.717) is 0 Å². The minimum atomic E-state index is -1.26. The number of hydrogen-bond acceptors (Lipinski definition) is 3. The third-order valence-electron chi connectivity index (χ3n) is 4.24. The van der Waals surface area contributed by atoms with Gasteiger partial charge in [0.2, 0.25) is 0 Å². The number of amides is 1. The van der Waals surface area contributed by atoms with Crippen LogP contribution in [0.5, 0.6) is 0 Å². The fourth-order valence-corrected chi connectivity index (χ4v) is 2.85. The van der Waals surface area contributed by atoms with Gasteiger partial charge < -0.3 is 10.1 Å². The molecule has 0 aliphatic rings. The molecule has 0 aromatic heterocycles. The first-order chi connectivity index (χ1) is 13.0. The molecule has 0 fully saturated rings. The van der Waals surface area contributed by atoms with Crippen LogP contribution in [0.15, 0.2) is 60.7 Å². The lowest BCUT2D eigenvalue weighted by Gasteiger charge is -2.17. The van der Waals surface area contributed by atoms with E-state index in [0.717, 1.165) is 28.5 Å². The van der Waals surface area contributed by atoms with Crippen molar-refractivity contribution in [3.05, 3.63) is 83.4 Å². The second-order valence-corrected chi connectivity index (χ2v) is 6.04. The first-order valence-corrected chi connectivity index (χ1v) is 8.30. The lowest BCUT2D eigenvalue weighted by atomic mass is 10.0. The molecule has 6 heteroatoms. The van der Waals surface area contributed by atoms with Crippen molar-refractivity contribution in [1.29, 1.82) is 0 Å². The second kappa shape index (κ2) is 7.95. The molecular weight excluding hydrogens is 352 g/mol. The molecule has 27 heavy (non-hydrogen) atoms. The number of hydrogen-bond donors (Lipinski definition) is 1. The van der Waals surface area contributed by atoms with Gasteiger partial charge in [-0.1, -0.05) is 48.5 Å². The topological polar surface area (TPSA) is 55.4 Å². The Morgan fingerprint density at radius 1 is 1.00 bits per heavy atom. The quantitative estimate of drug-likeness (QED) is 0.699. The molecule has 3 aromatic carbocycles. The molecule has 0 saturated carbocycles. The summed E-state index contributed by atoms with van der Waals surface area (Å²) in [6, 6.07) is 15.6. The number of carbonyl (C=O) groups excluding carboxylic acids is 2. The summed E-state index contributed by atoms with van der Waals surface area (Å²) in [6.45, 7) is 0. The maximum atomic E-state index is 13.8. The Morgan fingerprint density at radius 2 is 1.74 bits per heavy atom. The van der Waals surface area contributed by atoms with Crippen molar-refractivity contribution in [3.63, 3.8) is 0 Å². The first kappa shape index (κ1) is 18.5. The van der Waals surface area contributed by atoms with Gasteiger partial charge in [-0.25, -0.2) is 13.6 Å². The van der Waals surface area contributed by atoms with Crippen molar-refractivity contribution in [2.24, 2.45) is 0 Å². The minimum absolute atomic E-state index is 0.153. The van der Waals surface area contributed by atoms with Gasteiger partial charge in [0.05, 0.1) is 12.7 Å². The van der Waals surface area contributed by atoms with E-state index in [1.807, 2.05) is 42.5 Å². The fraction of sp³-hybridized carbons (Fsp3) is 0.143. The molecule has 0 saturated heterocycles. The van der Waals surface area contributed by atoms with Gasteiger partial charge in [-0.05, 0) is 28.5 Å². The molecule has 0 unspecified atom stereocenters. The Morgan fingerprint density at radius 3 is 2.48 bits per heavy atom. The Balaban J connectivity index is 1.84. The van der Waals surface area contributed by atoms with Crippen molar-refractivity contribution in [1.82, 2.24) is 5.32 Å². The van der Waals surface area contributed by atoms with Gasteiger partial charge in [-0.3, -0.25) is 4.79 Å². The summed E-state index contributed by atoms with van der Waals surface area (Å²) < 4.78 is 31.9. The van der Waals surface area contributed by atoms with Crippen LogP contribution in [0.2, 0.25) is 0 Å². The molecule has 4 nitrogen and oxygen atoms in total. The molecule has 0 aliphatic carbocycles. The number of methoxy groups -OCH3 is 1. The van der Waals surface area contributed by atoms with Gasteiger partial charge >= 0.3 is 5.97 Å². The van der Waals surface area contributed by atoms with Crippen LogP contribution in [-0.2, 0) is 16.0 Å². The number of carbonyl (C=O) groups is 2. The summed E-state index contributed by atoms with van der Waals surface area (Å²) in [5.74, 6) is -3.95. The zero-order chi connectivity index (χ0) is 19.4. The lowest BCUT2D eigenvalue weighted by Crippen LogP contribution is -2.43. The molecule has 1 N–H and O–H groups in total. The maximum Gasteiger partial charge on any atom is 0.328 e. The number of halogens is 2. The highest BCUT2D eigenvalue weighted by molar-refractivity contribution is 5.97. The molecule has 138 valence electrons. The number of nitrogens with one attached hydrogen (secondary N) is 1. The van der Waals surface area contributed by atoms with Crippen LogP contribution < -0.4 is 5.32 Å². The summed E-state index contributed by atoms with van der Waals surface area (Å²) >= 11 is 0. The molecule has 3 aromatic rings. The van der Waals surface area contributed by atoms with E-state index in [1.54, 1.807) is 0 Å². The maximum absolute atomic E-state index is 13.8. The van der Waals surface area contributed by atoms with E-state index < -0.39 is 35.1 Å². The lowest BCUT2D eigenvalue weighted by molar-refractivity contribution is -0.142. The normalized spacial score (nSPS) is 11.8. The van der Waals surface area contributed by atoms with Crippen molar-refractivity contribution >= 4 is 22.6 Å². The summed E-state index contributed by atoms with van der Waals surface area (Å²) in [5, 5.41) is 4.46. The number of fused-ring (bicyclic) bond motifs is 1.